The topological polar surface area (TPSA) is 59.4 Å². The lowest BCUT2D eigenvalue weighted by Gasteiger charge is -2.09. The predicted molar refractivity (Wildman–Crippen MR) is 67.5 cm³/mol. The second kappa shape index (κ2) is 5.06. The molecule has 0 saturated heterocycles. The van der Waals surface area contributed by atoms with E-state index in [4.69, 9.17) is 21.4 Å². The molecule has 18 heavy (non-hydrogen) atoms. The Morgan fingerprint density at radius 2 is 2.17 bits per heavy atom. The number of ether oxygens (including phenoxy) is 1. The van der Waals surface area contributed by atoms with Crippen LogP contribution in [-0.4, -0.2) is 16.1 Å². The van der Waals surface area contributed by atoms with Crippen molar-refractivity contribution in [3.63, 3.8) is 0 Å². The lowest BCUT2D eigenvalue weighted by Crippen LogP contribution is -2.00. The molecule has 1 heterocycles. The largest absolute Gasteiger partial charge is 0.477 e. The summed E-state index contributed by atoms with van der Waals surface area (Å²) in [5.74, 6) is -0.298. The van der Waals surface area contributed by atoms with Crippen LogP contribution in [0, 0.1) is 6.92 Å². The first-order chi connectivity index (χ1) is 8.58. The fourth-order valence-corrected chi connectivity index (χ4v) is 1.56. The van der Waals surface area contributed by atoms with E-state index in [1.54, 1.807) is 18.2 Å². The molecule has 4 nitrogen and oxygen atoms in total. The molecule has 0 aliphatic rings. The summed E-state index contributed by atoms with van der Waals surface area (Å²) in [6.45, 7) is 1.85. The van der Waals surface area contributed by atoms with Crippen molar-refractivity contribution >= 4 is 17.6 Å². The highest BCUT2D eigenvalue weighted by atomic mass is 35.5. The number of benzene rings is 1. The van der Waals surface area contributed by atoms with E-state index in [1.807, 2.05) is 6.92 Å². The molecule has 0 fully saturated rings. The summed E-state index contributed by atoms with van der Waals surface area (Å²) in [6.07, 6.45) is 2.73. The number of halogens is 1. The van der Waals surface area contributed by atoms with Crippen LogP contribution in [0.3, 0.4) is 0 Å². The molecule has 0 aliphatic carbocycles. The van der Waals surface area contributed by atoms with Crippen molar-refractivity contribution in [2.75, 3.05) is 0 Å². The van der Waals surface area contributed by atoms with Gasteiger partial charge in [0.25, 0.3) is 0 Å². The third-order valence-corrected chi connectivity index (χ3v) is 2.79. The molecule has 92 valence electrons. The number of carbonyl (C=O) groups is 1. The molecule has 2 rings (SSSR count). The zero-order valence-electron chi connectivity index (χ0n) is 9.55. The smallest absolute Gasteiger partial charge is 0.341 e. The van der Waals surface area contributed by atoms with Crippen LogP contribution in [-0.2, 0) is 0 Å². The van der Waals surface area contributed by atoms with E-state index >= 15 is 0 Å². The van der Waals surface area contributed by atoms with Gasteiger partial charge in [0.15, 0.2) is 0 Å². The van der Waals surface area contributed by atoms with Gasteiger partial charge in [-0.2, -0.15) is 0 Å². The van der Waals surface area contributed by atoms with Gasteiger partial charge in [0.05, 0.1) is 0 Å². The van der Waals surface area contributed by atoms with E-state index < -0.39 is 5.97 Å². The molecule has 0 bridgehead atoms. The summed E-state index contributed by atoms with van der Waals surface area (Å²) in [4.78, 5) is 14.7. The fraction of sp³-hybridized carbons (Fsp3) is 0.0769. The van der Waals surface area contributed by atoms with Gasteiger partial charge < -0.3 is 9.84 Å². The van der Waals surface area contributed by atoms with E-state index in [2.05, 4.69) is 4.98 Å². The SMILES string of the molecule is Cc1cc(Oc2ccncc2C(=O)O)ccc1Cl. The molecule has 1 aromatic carbocycles. The number of pyridine rings is 1. The second-order valence-electron chi connectivity index (χ2n) is 3.69. The monoisotopic (exact) mass is 263 g/mol. The number of aromatic nitrogens is 1. The molecule has 2 aromatic rings. The summed E-state index contributed by atoms with van der Waals surface area (Å²) in [5, 5.41) is 9.64. The number of hydrogen-bond acceptors (Lipinski definition) is 3. The van der Waals surface area contributed by atoms with Gasteiger partial charge in [0.2, 0.25) is 0 Å². The Bertz CT molecular complexity index is 599. The first kappa shape index (κ1) is 12.4. The molecule has 0 unspecified atom stereocenters. The minimum Gasteiger partial charge on any atom is -0.477 e. The fourth-order valence-electron chi connectivity index (χ4n) is 1.44. The maximum Gasteiger partial charge on any atom is 0.341 e. The highest BCUT2D eigenvalue weighted by Gasteiger charge is 2.12. The van der Waals surface area contributed by atoms with Gasteiger partial charge in [0.1, 0.15) is 17.1 Å². The number of nitrogens with zero attached hydrogens (tertiary/aromatic N) is 1. The van der Waals surface area contributed by atoms with Crippen molar-refractivity contribution in [2.24, 2.45) is 0 Å². The number of rotatable bonds is 3. The maximum atomic E-state index is 11.0. The molecule has 0 amide bonds. The molecule has 0 saturated carbocycles. The van der Waals surface area contributed by atoms with Crippen molar-refractivity contribution in [2.45, 2.75) is 6.92 Å². The molecular weight excluding hydrogens is 254 g/mol. The lowest BCUT2D eigenvalue weighted by molar-refractivity contribution is 0.0693. The van der Waals surface area contributed by atoms with Crippen LogP contribution in [0.2, 0.25) is 5.02 Å². The number of carboxylic acid groups (broad SMARTS) is 1. The van der Waals surface area contributed by atoms with Gasteiger partial charge in [-0.25, -0.2) is 4.79 Å². The summed E-state index contributed by atoms with van der Waals surface area (Å²) >= 11 is 5.91. The third kappa shape index (κ3) is 2.60. The average molecular weight is 264 g/mol. The van der Waals surface area contributed by atoms with Crippen molar-refractivity contribution in [1.29, 1.82) is 0 Å². The number of aryl methyl sites for hydroxylation is 1. The van der Waals surface area contributed by atoms with E-state index in [9.17, 15) is 4.79 Å². The zero-order valence-corrected chi connectivity index (χ0v) is 10.3. The zero-order chi connectivity index (χ0) is 13.1. The van der Waals surface area contributed by atoms with Crippen LogP contribution < -0.4 is 4.74 Å². The molecule has 5 heteroatoms. The molecule has 0 radical (unpaired) electrons. The highest BCUT2D eigenvalue weighted by molar-refractivity contribution is 6.31. The molecule has 1 N–H and O–H groups in total. The normalized spacial score (nSPS) is 10.1. The van der Waals surface area contributed by atoms with Gasteiger partial charge in [0, 0.05) is 23.5 Å². The predicted octanol–water partition coefficient (Wildman–Crippen LogP) is 3.53. The average Bonchev–Trinajstić information content (AvgIpc) is 2.34. The first-order valence-corrected chi connectivity index (χ1v) is 5.57. The Kier molecular flexibility index (Phi) is 3.48. The Balaban J connectivity index is 2.34. The quantitative estimate of drug-likeness (QED) is 0.920. The van der Waals surface area contributed by atoms with Crippen molar-refractivity contribution in [3.05, 3.63) is 52.8 Å². The summed E-state index contributed by atoms with van der Waals surface area (Å²) < 4.78 is 5.53. The summed E-state index contributed by atoms with van der Waals surface area (Å²) in [6, 6.07) is 6.64. The van der Waals surface area contributed by atoms with Crippen molar-refractivity contribution in [3.8, 4) is 11.5 Å². The van der Waals surface area contributed by atoms with Gasteiger partial charge in [-0.05, 0) is 30.7 Å². The van der Waals surface area contributed by atoms with Crippen LogP contribution >= 0.6 is 11.6 Å². The number of hydrogen-bond donors (Lipinski definition) is 1. The minimum atomic E-state index is -1.08. The van der Waals surface area contributed by atoms with Crippen molar-refractivity contribution in [1.82, 2.24) is 4.98 Å². The molecule has 1 aromatic heterocycles. The Hall–Kier alpha value is -2.07. The molecule has 0 spiro atoms. The second-order valence-corrected chi connectivity index (χ2v) is 4.10. The maximum absolute atomic E-state index is 11.0. The van der Waals surface area contributed by atoms with Gasteiger partial charge >= 0.3 is 5.97 Å². The van der Waals surface area contributed by atoms with Gasteiger partial charge in [-0.3, -0.25) is 4.98 Å². The van der Waals surface area contributed by atoms with Crippen LogP contribution in [0.4, 0.5) is 0 Å². The van der Waals surface area contributed by atoms with Gasteiger partial charge in [-0.15, -0.1) is 0 Å². The van der Waals surface area contributed by atoms with Crippen LogP contribution in [0.1, 0.15) is 15.9 Å². The standard InChI is InChI=1S/C13H10ClNO3/c1-8-6-9(2-3-11(8)14)18-12-4-5-15-7-10(12)13(16)17/h2-7H,1H3,(H,16,17). The summed E-state index contributed by atoms with van der Waals surface area (Å²) in [7, 11) is 0. The molecular formula is C13H10ClNO3. The number of aromatic carboxylic acids is 1. The van der Waals surface area contributed by atoms with Crippen LogP contribution in [0.25, 0.3) is 0 Å². The van der Waals surface area contributed by atoms with E-state index in [1.165, 1.54) is 18.5 Å². The van der Waals surface area contributed by atoms with Gasteiger partial charge in [-0.1, -0.05) is 11.6 Å². The molecule has 0 atom stereocenters. The van der Waals surface area contributed by atoms with E-state index in [0.29, 0.717) is 10.8 Å². The molecule has 0 aliphatic heterocycles. The highest BCUT2D eigenvalue weighted by Crippen LogP contribution is 2.27. The van der Waals surface area contributed by atoms with E-state index in [0.717, 1.165) is 5.56 Å². The summed E-state index contributed by atoms with van der Waals surface area (Å²) in [5.41, 5.74) is 0.880. The van der Waals surface area contributed by atoms with E-state index in [-0.39, 0.29) is 11.3 Å². The minimum absolute atomic E-state index is 0.0186. The Morgan fingerprint density at radius 1 is 1.39 bits per heavy atom. The Morgan fingerprint density at radius 3 is 2.83 bits per heavy atom. The number of carboxylic acids is 1. The first-order valence-electron chi connectivity index (χ1n) is 5.19. The van der Waals surface area contributed by atoms with Crippen molar-refractivity contribution < 1.29 is 14.6 Å². The third-order valence-electron chi connectivity index (χ3n) is 2.37. The lowest BCUT2D eigenvalue weighted by atomic mass is 10.2. The van der Waals surface area contributed by atoms with Crippen LogP contribution in [0.5, 0.6) is 11.5 Å². The Labute approximate surface area is 109 Å². The van der Waals surface area contributed by atoms with Crippen LogP contribution in [0.15, 0.2) is 36.7 Å².